The Balaban J connectivity index is 1.78. The van der Waals surface area contributed by atoms with E-state index in [4.69, 9.17) is 5.11 Å². The predicted molar refractivity (Wildman–Crippen MR) is 66.7 cm³/mol. The number of nitrogens with zero attached hydrogens (tertiary/aromatic N) is 1. The van der Waals surface area contributed by atoms with E-state index in [2.05, 4.69) is 17.2 Å². The number of hydrogen-bond donors (Lipinski definition) is 2. The van der Waals surface area contributed by atoms with Crippen LogP contribution in [0.4, 0.5) is 0 Å². The van der Waals surface area contributed by atoms with Crippen LogP contribution in [0.15, 0.2) is 6.20 Å². The Morgan fingerprint density at radius 3 is 3.06 bits per heavy atom. The highest BCUT2D eigenvalue weighted by molar-refractivity contribution is 7.11. The number of nitrogens with one attached hydrogen (secondary N) is 1. The summed E-state index contributed by atoms with van der Waals surface area (Å²) in [7, 11) is 0. The zero-order valence-electron chi connectivity index (χ0n) is 9.78. The average Bonchev–Trinajstić information content (AvgIpc) is 3.04. The second-order valence-corrected chi connectivity index (χ2v) is 5.58. The molecule has 0 amide bonds. The minimum Gasteiger partial charge on any atom is -0.396 e. The van der Waals surface area contributed by atoms with Gasteiger partial charge in [0, 0.05) is 36.2 Å². The van der Waals surface area contributed by atoms with E-state index in [0.29, 0.717) is 6.04 Å². The lowest BCUT2D eigenvalue weighted by Crippen LogP contribution is -2.28. The fourth-order valence-corrected chi connectivity index (χ4v) is 2.81. The first kappa shape index (κ1) is 12.0. The molecule has 1 heterocycles. The molecule has 1 fully saturated rings. The smallest absolute Gasteiger partial charge is 0.0959 e. The lowest BCUT2D eigenvalue weighted by molar-refractivity contribution is 0.262. The summed E-state index contributed by atoms with van der Waals surface area (Å²) in [6.07, 6.45) is 6.54. The van der Waals surface area contributed by atoms with Crippen LogP contribution < -0.4 is 5.32 Å². The van der Waals surface area contributed by atoms with Crippen LogP contribution in [-0.4, -0.2) is 22.7 Å². The summed E-state index contributed by atoms with van der Waals surface area (Å²) < 4.78 is 0. The van der Waals surface area contributed by atoms with E-state index >= 15 is 0 Å². The molecule has 3 nitrogen and oxygen atoms in total. The van der Waals surface area contributed by atoms with Crippen molar-refractivity contribution in [2.24, 2.45) is 0 Å². The Kier molecular flexibility index (Phi) is 4.32. The number of thiazole rings is 1. The SMILES string of the molecule is CCC(CCO)NCc1cnc(C2CC2)s1. The van der Waals surface area contributed by atoms with E-state index in [-0.39, 0.29) is 6.61 Å². The number of hydrogen-bond acceptors (Lipinski definition) is 4. The van der Waals surface area contributed by atoms with Crippen LogP contribution in [0.2, 0.25) is 0 Å². The molecule has 0 aliphatic heterocycles. The summed E-state index contributed by atoms with van der Waals surface area (Å²) in [6, 6.07) is 0.427. The summed E-state index contributed by atoms with van der Waals surface area (Å²) >= 11 is 1.84. The largest absolute Gasteiger partial charge is 0.396 e. The zero-order valence-corrected chi connectivity index (χ0v) is 10.6. The minimum atomic E-state index is 0.265. The van der Waals surface area contributed by atoms with E-state index in [0.717, 1.165) is 25.3 Å². The lowest BCUT2D eigenvalue weighted by atomic mass is 10.1. The molecule has 2 rings (SSSR count). The van der Waals surface area contributed by atoms with Crippen LogP contribution in [0, 0.1) is 0 Å². The van der Waals surface area contributed by atoms with Gasteiger partial charge in [-0.2, -0.15) is 0 Å². The van der Waals surface area contributed by atoms with E-state index < -0.39 is 0 Å². The monoisotopic (exact) mass is 240 g/mol. The third kappa shape index (κ3) is 3.27. The van der Waals surface area contributed by atoms with Gasteiger partial charge in [0.05, 0.1) is 5.01 Å². The molecule has 16 heavy (non-hydrogen) atoms. The predicted octanol–water partition coefficient (Wildman–Crippen LogP) is 2.27. The van der Waals surface area contributed by atoms with E-state index in [1.54, 1.807) is 0 Å². The van der Waals surface area contributed by atoms with Gasteiger partial charge in [-0.25, -0.2) is 4.98 Å². The van der Waals surface area contributed by atoms with Crippen molar-refractivity contribution in [2.45, 2.75) is 51.1 Å². The van der Waals surface area contributed by atoms with Crippen LogP contribution in [0.3, 0.4) is 0 Å². The van der Waals surface area contributed by atoms with Crippen LogP contribution in [0.5, 0.6) is 0 Å². The Morgan fingerprint density at radius 1 is 1.62 bits per heavy atom. The van der Waals surface area contributed by atoms with Gasteiger partial charge in [-0.05, 0) is 25.7 Å². The van der Waals surface area contributed by atoms with Crippen LogP contribution in [-0.2, 0) is 6.54 Å². The first-order valence-electron chi connectivity index (χ1n) is 6.12. The van der Waals surface area contributed by atoms with Crippen molar-refractivity contribution < 1.29 is 5.11 Å². The molecule has 0 saturated heterocycles. The molecule has 1 aliphatic carbocycles. The van der Waals surface area contributed by atoms with E-state index in [1.165, 1.54) is 22.7 Å². The molecule has 2 N–H and O–H groups in total. The van der Waals surface area contributed by atoms with Gasteiger partial charge >= 0.3 is 0 Å². The van der Waals surface area contributed by atoms with Crippen molar-refractivity contribution >= 4 is 11.3 Å². The molecule has 1 aliphatic rings. The maximum Gasteiger partial charge on any atom is 0.0959 e. The first-order chi connectivity index (χ1) is 7.83. The minimum absolute atomic E-state index is 0.265. The molecule has 90 valence electrons. The van der Waals surface area contributed by atoms with Crippen LogP contribution >= 0.6 is 11.3 Å². The molecule has 0 aromatic carbocycles. The third-order valence-electron chi connectivity index (χ3n) is 3.03. The van der Waals surface area contributed by atoms with Crippen molar-refractivity contribution in [3.8, 4) is 0 Å². The molecule has 0 spiro atoms. The molecule has 4 heteroatoms. The van der Waals surface area contributed by atoms with Crippen molar-refractivity contribution in [2.75, 3.05) is 6.61 Å². The van der Waals surface area contributed by atoms with Crippen LogP contribution in [0.1, 0.15) is 48.4 Å². The van der Waals surface area contributed by atoms with Crippen LogP contribution in [0.25, 0.3) is 0 Å². The molecule has 1 aromatic heterocycles. The fourth-order valence-electron chi connectivity index (χ4n) is 1.77. The summed E-state index contributed by atoms with van der Waals surface area (Å²) in [5.74, 6) is 0.762. The second-order valence-electron chi connectivity index (χ2n) is 4.44. The Labute approximate surface area is 101 Å². The van der Waals surface area contributed by atoms with Crippen molar-refractivity contribution in [1.82, 2.24) is 10.3 Å². The van der Waals surface area contributed by atoms with Gasteiger partial charge in [-0.3, -0.25) is 0 Å². The quantitative estimate of drug-likeness (QED) is 0.768. The number of aromatic nitrogens is 1. The Hall–Kier alpha value is -0.450. The molecule has 0 bridgehead atoms. The normalized spacial score (nSPS) is 17.6. The van der Waals surface area contributed by atoms with Gasteiger partial charge in [0.25, 0.3) is 0 Å². The highest BCUT2D eigenvalue weighted by Crippen LogP contribution is 2.41. The number of aliphatic hydroxyl groups excluding tert-OH is 1. The Bertz CT molecular complexity index is 323. The van der Waals surface area contributed by atoms with Crippen molar-refractivity contribution in [1.29, 1.82) is 0 Å². The molecular formula is C12H20N2OS. The van der Waals surface area contributed by atoms with Gasteiger partial charge in [0.15, 0.2) is 0 Å². The molecule has 1 atom stereocenters. The first-order valence-corrected chi connectivity index (χ1v) is 6.94. The topological polar surface area (TPSA) is 45.1 Å². The number of aliphatic hydroxyl groups is 1. The van der Waals surface area contributed by atoms with Crippen molar-refractivity contribution in [3.05, 3.63) is 16.1 Å². The highest BCUT2D eigenvalue weighted by Gasteiger charge is 2.26. The van der Waals surface area contributed by atoms with Gasteiger partial charge in [0.1, 0.15) is 0 Å². The lowest BCUT2D eigenvalue weighted by Gasteiger charge is -2.14. The maximum atomic E-state index is 8.90. The van der Waals surface area contributed by atoms with E-state index in [9.17, 15) is 0 Å². The Morgan fingerprint density at radius 2 is 2.44 bits per heavy atom. The second kappa shape index (κ2) is 5.75. The highest BCUT2D eigenvalue weighted by atomic mass is 32.1. The maximum absolute atomic E-state index is 8.90. The van der Waals surface area contributed by atoms with Gasteiger partial charge in [0.2, 0.25) is 0 Å². The zero-order chi connectivity index (χ0) is 11.4. The van der Waals surface area contributed by atoms with Gasteiger partial charge in [-0.15, -0.1) is 11.3 Å². The summed E-state index contributed by atoms with van der Waals surface area (Å²) in [5.41, 5.74) is 0. The van der Waals surface area contributed by atoms with Gasteiger partial charge < -0.3 is 10.4 Å². The van der Waals surface area contributed by atoms with E-state index in [1.807, 2.05) is 17.5 Å². The fraction of sp³-hybridized carbons (Fsp3) is 0.750. The summed E-state index contributed by atoms with van der Waals surface area (Å²) in [6.45, 7) is 3.31. The molecule has 0 radical (unpaired) electrons. The van der Waals surface area contributed by atoms with Crippen molar-refractivity contribution in [3.63, 3.8) is 0 Å². The standard InChI is InChI=1S/C12H20N2OS/c1-2-10(5-6-15)13-7-11-8-14-12(16-11)9-3-4-9/h8-10,13,15H,2-7H2,1H3. The summed E-state index contributed by atoms with van der Waals surface area (Å²) in [5, 5.41) is 13.7. The summed E-state index contributed by atoms with van der Waals surface area (Å²) in [4.78, 5) is 5.77. The van der Waals surface area contributed by atoms with Gasteiger partial charge in [-0.1, -0.05) is 6.92 Å². The average molecular weight is 240 g/mol. The third-order valence-corrected chi connectivity index (χ3v) is 4.19. The molecule has 1 unspecified atom stereocenters. The molecular weight excluding hydrogens is 220 g/mol. The number of rotatable bonds is 7. The molecule has 1 saturated carbocycles. The molecule has 1 aromatic rings.